The van der Waals surface area contributed by atoms with E-state index in [0.29, 0.717) is 12.0 Å². The summed E-state index contributed by atoms with van der Waals surface area (Å²) in [5.74, 6) is 0.680. The molecule has 0 saturated carbocycles. The quantitative estimate of drug-likeness (QED) is 0.611. The molecule has 3 heteroatoms. The number of rotatable bonds is 2. The molecule has 0 aliphatic carbocycles. The molecule has 2 N–H and O–H groups in total. The molecule has 70 valence electrons. The van der Waals surface area contributed by atoms with Crippen LogP contribution in [-0.4, -0.2) is 38.4 Å². The predicted octanol–water partition coefficient (Wildman–Crippen LogP) is -0.0272. The molecule has 12 heavy (non-hydrogen) atoms. The van der Waals surface area contributed by atoms with Crippen LogP contribution in [0, 0.1) is 5.92 Å². The average Bonchev–Trinajstić information content (AvgIpc) is 2.00. The van der Waals surface area contributed by atoms with Crippen LogP contribution in [0.2, 0.25) is 0 Å². The van der Waals surface area contributed by atoms with Crippen molar-refractivity contribution in [2.24, 2.45) is 5.92 Å². The fraction of sp³-hybridized carbons (Fsp3) is 1.00. The minimum atomic E-state index is 0.680. The van der Waals surface area contributed by atoms with Crippen LogP contribution in [0.5, 0.6) is 0 Å². The zero-order chi connectivity index (χ0) is 8.39. The Morgan fingerprint density at radius 1 is 1.42 bits per heavy atom. The Bertz CT molecular complexity index is 147. The Labute approximate surface area is 73.9 Å². The molecule has 3 nitrogen and oxygen atoms in total. The lowest BCUT2D eigenvalue weighted by molar-refractivity contribution is 0.0336. The summed E-state index contributed by atoms with van der Waals surface area (Å²) >= 11 is 0. The molecule has 0 spiro atoms. The molecule has 2 fully saturated rings. The van der Waals surface area contributed by atoms with Crippen LogP contribution in [0.1, 0.15) is 13.3 Å². The van der Waals surface area contributed by atoms with Crippen molar-refractivity contribution in [2.75, 3.05) is 26.3 Å². The highest BCUT2D eigenvalue weighted by Gasteiger charge is 2.26. The Hall–Kier alpha value is -0.120. The van der Waals surface area contributed by atoms with Crippen molar-refractivity contribution in [3.05, 3.63) is 0 Å². The van der Waals surface area contributed by atoms with E-state index in [2.05, 4.69) is 17.6 Å². The van der Waals surface area contributed by atoms with Gasteiger partial charge in [-0.25, -0.2) is 0 Å². The third-order valence-electron chi connectivity index (χ3n) is 2.87. The van der Waals surface area contributed by atoms with Gasteiger partial charge in [0.1, 0.15) is 0 Å². The summed E-state index contributed by atoms with van der Waals surface area (Å²) in [7, 11) is 0. The van der Waals surface area contributed by atoms with Crippen LogP contribution >= 0.6 is 0 Å². The van der Waals surface area contributed by atoms with E-state index in [1.54, 1.807) is 0 Å². The second-order valence-corrected chi connectivity index (χ2v) is 3.97. The summed E-state index contributed by atoms with van der Waals surface area (Å²) in [6.45, 7) is 6.41. The third-order valence-corrected chi connectivity index (χ3v) is 2.87. The first kappa shape index (κ1) is 8.48. The number of hydrogen-bond acceptors (Lipinski definition) is 3. The molecule has 2 saturated heterocycles. The normalized spacial score (nSPS) is 37.8. The van der Waals surface area contributed by atoms with Crippen molar-refractivity contribution in [1.29, 1.82) is 0 Å². The monoisotopic (exact) mass is 170 g/mol. The highest BCUT2D eigenvalue weighted by Crippen LogP contribution is 2.14. The molecule has 0 aromatic heterocycles. The fourth-order valence-corrected chi connectivity index (χ4v) is 1.84. The van der Waals surface area contributed by atoms with E-state index in [0.717, 1.165) is 32.3 Å². The molecule has 0 bridgehead atoms. The van der Waals surface area contributed by atoms with E-state index >= 15 is 0 Å². The zero-order valence-corrected chi connectivity index (χ0v) is 7.68. The van der Waals surface area contributed by atoms with Crippen LogP contribution < -0.4 is 10.6 Å². The summed E-state index contributed by atoms with van der Waals surface area (Å²) in [5, 5.41) is 6.93. The maximum absolute atomic E-state index is 5.39. The van der Waals surface area contributed by atoms with Crippen LogP contribution in [-0.2, 0) is 4.74 Å². The van der Waals surface area contributed by atoms with Gasteiger partial charge in [0.2, 0.25) is 0 Å². The molecule has 2 atom stereocenters. The van der Waals surface area contributed by atoms with Crippen LogP contribution in [0.15, 0.2) is 0 Å². The molecule has 0 radical (unpaired) electrons. The Kier molecular flexibility index (Phi) is 2.63. The van der Waals surface area contributed by atoms with E-state index < -0.39 is 0 Å². The second-order valence-electron chi connectivity index (χ2n) is 3.97. The second kappa shape index (κ2) is 3.73. The lowest BCUT2D eigenvalue weighted by atomic mass is 9.96. The van der Waals surface area contributed by atoms with Crippen LogP contribution in [0.4, 0.5) is 0 Å². The summed E-state index contributed by atoms with van der Waals surface area (Å²) in [6, 6.07) is 1.40. The molecule has 0 amide bonds. The summed E-state index contributed by atoms with van der Waals surface area (Å²) < 4.78 is 5.39. The molecule has 0 aromatic carbocycles. The number of nitrogens with one attached hydrogen (secondary N) is 2. The van der Waals surface area contributed by atoms with E-state index in [-0.39, 0.29) is 0 Å². The lowest BCUT2D eigenvalue weighted by Gasteiger charge is -2.37. The minimum absolute atomic E-state index is 0.680. The third kappa shape index (κ3) is 1.79. The van der Waals surface area contributed by atoms with Gasteiger partial charge < -0.3 is 15.4 Å². The highest BCUT2D eigenvalue weighted by atomic mass is 16.5. The SMILES string of the molecule is CC1COCCC1NC1CNC1. The van der Waals surface area contributed by atoms with Crippen LogP contribution in [0.25, 0.3) is 0 Å². The highest BCUT2D eigenvalue weighted by molar-refractivity contribution is 4.87. The molecule has 2 heterocycles. The van der Waals surface area contributed by atoms with E-state index in [1.165, 1.54) is 6.42 Å². The van der Waals surface area contributed by atoms with E-state index in [9.17, 15) is 0 Å². The molecule has 0 aromatic rings. The molecule has 2 unspecified atom stereocenters. The van der Waals surface area contributed by atoms with Gasteiger partial charge in [-0.3, -0.25) is 0 Å². The summed E-state index contributed by atoms with van der Waals surface area (Å²) in [5.41, 5.74) is 0. The molecular weight excluding hydrogens is 152 g/mol. The Balaban J connectivity index is 1.76. The standard InChI is InChI=1S/C9H18N2O/c1-7-6-12-3-2-9(7)11-8-4-10-5-8/h7-11H,2-6H2,1H3. The van der Waals surface area contributed by atoms with Crippen molar-refractivity contribution < 1.29 is 4.74 Å². The minimum Gasteiger partial charge on any atom is -0.381 e. The Morgan fingerprint density at radius 2 is 2.25 bits per heavy atom. The largest absolute Gasteiger partial charge is 0.381 e. The number of hydrogen-bond donors (Lipinski definition) is 2. The van der Waals surface area contributed by atoms with E-state index in [1.807, 2.05) is 0 Å². The summed E-state index contributed by atoms with van der Waals surface area (Å²) in [6.07, 6.45) is 1.18. The van der Waals surface area contributed by atoms with Gasteiger partial charge in [0.25, 0.3) is 0 Å². The first-order valence-corrected chi connectivity index (χ1v) is 4.91. The van der Waals surface area contributed by atoms with E-state index in [4.69, 9.17) is 4.74 Å². The van der Waals surface area contributed by atoms with Gasteiger partial charge in [-0.2, -0.15) is 0 Å². The first-order chi connectivity index (χ1) is 5.86. The number of ether oxygens (including phenoxy) is 1. The fourth-order valence-electron chi connectivity index (χ4n) is 1.84. The van der Waals surface area contributed by atoms with Crippen molar-refractivity contribution in [1.82, 2.24) is 10.6 Å². The Morgan fingerprint density at radius 3 is 2.83 bits per heavy atom. The molecule has 2 aliphatic rings. The maximum Gasteiger partial charge on any atom is 0.0506 e. The smallest absolute Gasteiger partial charge is 0.0506 e. The van der Waals surface area contributed by atoms with Gasteiger partial charge in [0, 0.05) is 31.8 Å². The van der Waals surface area contributed by atoms with Gasteiger partial charge >= 0.3 is 0 Å². The van der Waals surface area contributed by atoms with Gasteiger partial charge in [0.15, 0.2) is 0 Å². The van der Waals surface area contributed by atoms with Gasteiger partial charge in [0.05, 0.1) is 6.61 Å². The van der Waals surface area contributed by atoms with Gasteiger partial charge in [-0.05, 0) is 12.3 Å². The van der Waals surface area contributed by atoms with Crippen molar-refractivity contribution in [2.45, 2.75) is 25.4 Å². The first-order valence-electron chi connectivity index (χ1n) is 4.91. The molecular formula is C9H18N2O. The van der Waals surface area contributed by atoms with Gasteiger partial charge in [-0.15, -0.1) is 0 Å². The van der Waals surface area contributed by atoms with Crippen molar-refractivity contribution >= 4 is 0 Å². The zero-order valence-electron chi connectivity index (χ0n) is 7.68. The maximum atomic E-state index is 5.39. The predicted molar refractivity (Wildman–Crippen MR) is 48.2 cm³/mol. The molecule has 2 aliphatic heterocycles. The van der Waals surface area contributed by atoms with Crippen molar-refractivity contribution in [3.63, 3.8) is 0 Å². The van der Waals surface area contributed by atoms with Crippen LogP contribution in [0.3, 0.4) is 0 Å². The average molecular weight is 170 g/mol. The molecule has 2 rings (SSSR count). The van der Waals surface area contributed by atoms with Gasteiger partial charge in [-0.1, -0.05) is 6.92 Å². The summed E-state index contributed by atoms with van der Waals surface area (Å²) in [4.78, 5) is 0. The van der Waals surface area contributed by atoms with Crippen molar-refractivity contribution in [3.8, 4) is 0 Å². The topological polar surface area (TPSA) is 33.3 Å². The lowest BCUT2D eigenvalue weighted by Crippen LogP contribution is -2.60.